The number of carbonyl (C=O) groups excluding carboxylic acids is 3. The van der Waals surface area contributed by atoms with Gasteiger partial charge in [-0.25, -0.2) is 0 Å². The predicted molar refractivity (Wildman–Crippen MR) is 95.0 cm³/mol. The Balaban J connectivity index is 2.59. The quantitative estimate of drug-likeness (QED) is 0.503. The Morgan fingerprint density at radius 3 is 2.52 bits per heavy atom. The highest BCUT2D eigenvalue weighted by Crippen LogP contribution is 2.10. The molecule has 0 atom stereocenters. The molecule has 7 heteroatoms. The number of hydrogen-bond donors (Lipinski definition) is 1. The minimum Gasteiger partial charge on any atom is -0.465 e. The largest absolute Gasteiger partial charge is 0.465 e. The number of benzene rings is 1. The predicted octanol–water partition coefficient (Wildman–Crippen LogP) is 1.82. The fraction of sp³-hybridized carbons (Fsp3) is 0.438. The van der Waals surface area contributed by atoms with Crippen molar-refractivity contribution in [1.29, 1.82) is 0 Å². The molecular weight excluding hydrogens is 411 g/mol. The Morgan fingerprint density at radius 2 is 1.91 bits per heavy atom. The van der Waals surface area contributed by atoms with Gasteiger partial charge in [0, 0.05) is 10.1 Å². The molecule has 0 aliphatic rings. The molecule has 0 fully saturated rings. The summed E-state index contributed by atoms with van der Waals surface area (Å²) in [5, 5.41) is 2.60. The van der Waals surface area contributed by atoms with Gasteiger partial charge in [-0.3, -0.25) is 14.4 Å². The summed E-state index contributed by atoms with van der Waals surface area (Å²) in [5.41, 5.74) is 0.522. The molecule has 0 aliphatic heterocycles. The Bertz CT molecular complexity index is 563. The van der Waals surface area contributed by atoms with Crippen molar-refractivity contribution in [2.24, 2.45) is 0 Å². The minimum absolute atomic E-state index is 0.0980. The number of halogens is 1. The molecule has 6 nitrogen and oxygen atoms in total. The van der Waals surface area contributed by atoms with E-state index in [4.69, 9.17) is 4.74 Å². The average molecular weight is 432 g/mol. The van der Waals surface area contributed by atoms with Crippen LogP contribution < -0.4 is 5.32 Å². The zero-order valence-corrected chi connectivity index (χ0v) is 15.5. The van der Waals surface area contributed by atoms with E-state index in [2.05, 4.69) is 27.9 Å². The maximum absolute atomic E-state index is 12.2. The van der Waals surface area contributed by atoms with Crippen molar-refractivity contribution in [1.82, 2.24) is 10.2 Å². The van der Waals surface area contributed by atoms with Crippen LogP contribution in [-0.2, 0) is 14.3 Å². The SMILES string of the molecule is CCCN(CC(=O)OCC)C(=O)CNC(=O)c1ccccc1I. The molecular formula is C16H21IN2O4. The lowest BCUT2D eigenvalue weighted by atomic mass is 10.2. The average Bonchev–Trinajstić information content (AvgIpc) is 2.52. The van der Waals surface area contributed by atoms with Crippen LogP contribution in [0.2, 0.25) is 0 Å². The first-order valence-electron chi connectivity index (χ1n) is 7.45. The van der Waals surface area contributed by atoms with Gasteiger partial charge in [-0.15, -0.1) is 0 Å². The number of rotatable bonds is 8. The van der Waals surface area contributed by atoms with Gasteiger partial charge in [-0.05, 0) is 48.1 Å². The van der Waals surface area contributed by atoms with E-state index >= 15 is 0 Å². The summed E-state index contributed by atoms with van der Waals surface area (Å²) in [7, 11) is 0. The molecule has 1 aromatic rings. The van der Waals surface area contributed by atoms with E-state index in [0.717, 1.165) is 9.99 Å². The summed E-state index contributed by atoms with van der Waals surface area (Å²) >= 11 is 2.07. The molecule has 0 bridgehead atoms. The van der Waals surface area contributed by atoms with Crippen LogP contribution in [-0.4, -0.2) is 48.9 Å². The number of ether oxygens (including phenoxy) is 1. The third-order valence-electron chi connectivity index (χ3n) is 2.99. The summed E-state index contributed by atoms with van der Waals surface area (Å²) < 4.78 is 5.67. The van der Waals surface area contributed by atoms with E-state index in [1.807, 2.05) is 19.1 Å². The number of nitrogens with one attached hydrogen (secondary N) is 1. The third-order valence-corrected chi connectivity index (χ3v) is 3.93. The van der Waals surface area contributed by atoms with Gasteiger partial charge in [-0.1, -0.05) is 19.1 Å². The van der Waals surface area contributed by atoms with Crippen LogP contribution in [0.15, 0.2) is 24.3 Å². The number of amides is 2. The van der Waals surface area contributed by atoms with E-state index in [0.29, 0.717) is 12.1 Å². The molecule has 23 heavy (non-hydrogen) atoms. The molecule has 1 aromatic carbocycles. The molecule has 0 heterocycles. The highest BCUT2D eigenvalue weighted by molar-refractivity contribution is 14.1. The molecule has 0 saturated carbocycles. The fourth-order valence-corrected chi connectivity index (χ4v) is 2.56. The first-order valence-corrected chi connectivity index (χ1v) is 8.53. The highest BCUT2D eigenvalue weighted by atomic mass is 127. The second-order valence-corrected chi connectivity index (χ2v) is 5.95. The van der Waals surface area contributed by atoms with Crippen LogP contribution >= 0.6 is 22.6 Å². The Hall–Kier alpha value is -1.64. The normalized spacial score (nSPS) is 10.0. The van der Waals surface area contributed by atoms with Gasteiger partial charge in [0.15, 0.2) is 0 Å². The molecule has 0 aliphatic carbocycles. The summed E-state index contributed by atoms with van der Waals surface area (Å²) in [6, 6.07) is 7.13. The molecule has 1 rings (SSSR count). The van der Waals surface area contributed by atoms with E-state index in [-0.39, 0.29) is 31.5 Å². The lowest BCUT2D eigenvalue weighted by Gasteiger charge is -2.21. The van der Waals surface area contributed by atoms with Gasteiger partial charge in [0.25, 0.3) is 5.91 Å². The summed E-state index contributed by atoms with van der Waals surface area (Å²) in [5.74, 6) is -1.06. The zero-order valence-electron chi connectivity index (χ0n) is 13.3. The van der Waals surface area contributed by atoms with Crippen molar-refractivity contribution < 1.29 is 19.1 Å². The first-order chi connectivity index (χ1) is 11.0. The topological polar surface area (TPSA) is 75.7 Å². The van der Waals surface area contributed by atoms with Crippen molar-refractivity contribution in [3.63, 3.8) is 0 Å². The second kappa shape index (κ2) is 10.2. The maximum atomic E-state index is 12.2. The molecule has 0 spiro atoms. The van der Waals surface area contributed by atoms with E-state index in [1.165, 1.54) is 4.90 Å². The van der Waals surface area contributed by atoms with Crippen LogP contribution in [0.1, 0.15) is 30.6 Å². The van der Waals surface area contributed by atoms with Gasteiger partial charge in [0.1, 0.15) is 6.54 Å². The molecule has 0 aromatic heterocycles. The van der Waals surface area contributed by atoms with Gasteiger partial charge in [0.2, 0.25) is 5.91 Å². The Morgan fingerprint density at radius 1 is 1.22 bits per heavy atom. The van der Waals surface area contributed by atoms with Crippen molar-refractivity contribution in [3.05, 3.63) is 33.4 Å². The molecule has 0 unspecified atom stereocenters. The lowest BCUT2D eigenvalue weighted by molar-refractivity contribution is -0.148. The Kier molecular flexibility index (Phi) is 8.60. The monoisotopic (exact) mass is 432 g/mol. The minimum atomic E-state index is -0.446. The zero-order chi connectivity index (χ0) is 17.2. The van der Waals surface area contributed by atoms with Crippen molar-refractivity contribution in [2.75, 3.05) is 26.2 Å². The molecule has 126 valence electrons. The van der Waals surface area contributed by atoms with Crippen LogP contribution in [0.5, 0.6) is 0 Å². The highest BCUT2D eigenvalue weighted by Gasteiger charge is 2.18. The lowest BCUT2D eigenvalue weighted by Crippen LogP contribution is -2.43. The molecule has 2 amide bonds. The molecule has 0 saturated heterocycles. The second-order valence-electron chi connectivity index (χ2n) is 4.78. The van der Waals surface area contributed by atoms with Crippen LogP contribution in [0.3, 0.4) is 0 Å². The maximum Gasteiger partial charge on any atom is 0.325 e. The van der Waals surface area contributed by atoms with Gasteiger partial charge >= 0.3 is 5.97 Å². The van der Waals surface area contributed by atoms with Crippen LogP contribution in [0, 0.1) is 3.57 Å². The molecule has 1 N–H and O–H groups in total. The van der Waals surface area contributed by atoms with Crippen molar-refractivity contribution >= 4 is 40.4 Å². The number of nitrogens with zero attached hydrogens (tertiary/aromatic N) is 1. The first kappa shape index (κ1) is 19.4. The van der Waals surface area contributed by atoms with Crippen molar-refractivity contribution in [2.45, 2.75) is 20.3 Å². The van der Waals surface area contributed by atoms with Gasteiger partial charge in [-0.2, -0.15) is 0 Å². The third kappa shape index (κ3) is 6.55. The summed E-state index contributed by atoms with van der Waals surface area (Å²) in [6.07, 6.45) is 0.718. The van der Waals surface area contributed by atoms with Gasteiger partial charge < -0.3 is 15.0 Å². The van der Waals surface area contributed by atoms with Crippen LogP contribution in [0.4, 0.5) is 0 Å². The van der Waals surface area contributed by atoms with Crippen LogP contribution in [0.25, 0.3) is 0 Å². The number of hydrogen-bond acceptors (Lipinski definition) is 4. The fourth-order valence-electron chi connectivity index (χ4n) is 1.93. The number of carbonyl (C=O) groups is 3. The van der Waals surface area contributed by atoms with E-state index in [9.17, 15) is 14.4 Å². The summed E-state index contributed by atoms with van der Waals surface area (Å²) in [6.45, 7) is 4.09. The van der Waals surface area contributed by atoms with Gasteiger partial charge in [0.05, 0.1) is 18.7 Å². The molecule has 0 radical (unpaired) electrons. The van der Waals surface area contributed by atoms with Crippen molar-refractivity contribution in [3.8, 4) is 0 Å². The Labute approximate surface area is 149 Å². The van der Waals surface area contributed by atoms with E-state index in [1.54, 1.807) is 19.1 Å². The smallest absolute Gasteiger partial charge is 0.325 e. The standard InChI is InChI=1S/C16H21IN2O4/c1-3-9-19(11-15(21)23-4-2)14(20)10-18-16(22)12-7-5-6-8-13(12)17/h5-8H,3-4,9-11H2,1-2H3,(H,18,22). The van der Waals surface area contributed by atoms with E-state index < -0.39 is 5.97 Å². The summed E-state index contributed by atoms with van der Waals surface area (Å²) in [4.78, 5) is 37.2. The number of esters is 1.